The smallest absolute Gasteiger partial charge is 0.161 e. The Bertz CT molecular complexity index is 368. The van der Waals surface area contributed by atoms with Crippen LogP contribution in [0.25, 0.3) is 0 Å². The summed E-state index contributed by atoms with van der Waals surface area (Å²) in [6.07, 6.45) is 1.09. The van der Waals surface area contributed by atoms with Crippen molar-refractivity contribution in [3.63, 3.8) is 0 Å². The zero-order valence-corrected chi connectivity index (χ0v) is 12.4. The van der Waals surface area contributed by atoms with Gasteiger partial charge in [-0.05, 0) is 37.6 Å². The summed E-state index contributed by atoms with van der Waals surface area (Å²) in [5, 5.41) is 3.40. The number of hydrogen-bond donors (Lipinski definition) is 1. The molecular formula is C15H25NO3. The predicted molar refractivity (Wildman–Crippen MR) is 77.2 cm³/mol. The highest BCUT2D eigenvalue weighted by atomic mass is 16.5. The van der Waals surface area contributed by atoms with Crippen molar-refractivity contribution >= 4 is 0 Å². The van der Waals surface area contributed by atoms with Gasteiger partial charge in [0.25, 0.3) is 0 Å². The van der Waals surface area contributed by atoms with Gasteiger partial charge >= 0.3 is 0 Å². The van der Waals surface area contributed by atoms with E-state index in [1.165, 1.54) is 0 Å². The van der Waals surface area contributed by atoms with Gasteiger partial charge in [0.15, 0.2) is 11.5 Å². The van der Waals surface area contributed by atoms with Gasteiger partial charge in [-0.3, -0.25) is 0 Å². The van der Waals surface area contributed by atoms with Crippen LogP contribution >= 0.6 is 0 Å². The van der Waals surface area contributed by atoms with Gasteiger partial charge in [0.1, 0.15) is 6.61 Å². The third-order valence-corrected chi connectivity index (χ3v) is 2.81. The van der Waals surface area contributed by atoms with Crippen LogP contribution in [0.4, 0.5) is 0 Å². The van der Waals surface area contributed by atoms with Crippen LogP contribution in [0.5, 0.6) is 11.5 Å². The molecule has 1 N–H and O–H groups in total. The second-order valence-corrected chi connectivity index (χ2v) is 4.57. The van der Waals surface area contributed by atoms with Crippen LogP contribution in [0.2, 0.25) is 0 Å². The minimum atomic E-state index is 0.191. The molecule has 0 aliphatic rings. The molecule has 1 unspecified atom stereocenters. The van der Waals surface area contributed by atoms with Crippen LogP contribution in [0.15, 0.2) is 18.2 Å². The van der Waals surface area contributed by atoms with Crippen molar-refractivity contribution in [2.45, 2.75) is 26.3 Å². The third kappa shape index (κ3) is 5.49. The minimum absolute atomic E-state index is 0.191. The van der Waals surface area contributed by atoms with Gasteiger partial charge in [0.2, 0.25) is 0 Å². The molecule has 108 valence electrons. The lowest BCUT2D eigenvalue weighted by Crippen LogP contribution is -2.38. The number of aryl methyl sites for hydroxylation is 1. The van der Waals surface area contributed by atoms with E-state index >= 15 is 0 Å². The zero-order chi connectivity index (χ0) is 14.1. The molecule has 0 fully saturated rings. The van der Waals surface area contributed by atoms with Crippen LogP contribution in [0.1, 0.15) is 18.9 Å². The fourth-order valence-electron chi connectivity index (χ4n) is 1.80. The Morgan fingerprint density at radius 1 is 1.16 bits per heavy atom. The fourth-order valence-corrected chi connectivity index (χ4v) is 1.80. The van der Waals surface area contributed by atoms with Gasteiger partial charge in [-0.15, -0.1) is 0 Å². The van der Waals surface area contributed by atoms with Gasteiger partial charge in [-0.25, -0.2) is 0 Å². The van der Waals surface area contributed by atoms with E-state index in [1.807, 2.05) is 25.1 Å². The normalized spacial score (nSPS) is 12.2. The molecule has 1 aromatic carbocycles. The largest absolute Gasteiger partial charge is 0.493 e. The standard InChI is InChI=1S/C15H25NO3/c1-5-8-16-13(10-17-3)11-19-14-7-6-12(2)9-15(14)18-4/h6-7,9,13,16H,5,8,10-11H2,1-4H3. The van der Waals surface area contributed by atoms with Crippen molar-refractivity contribution in [3.05, 3.63) is 23.8 Å². The quantitative estimate of drug-likeness (QED) is 0.746. The number of benzene rings is 1. The molecule has 0 radical (unpaired) electrons. The average molecular weight is 267 g/mol. The van der Waals surface area contributed by atoms with Crippen molar-refractivity contribution in [1.29, 1.82) is 0 Å². The summed E-state index contributed by atoms with van der Waals surface area (Å²) >= 11 is 0. The predicted octanol–water partition coefficient (Wildman–Crippen LogP) is 2.40. The van der Waals surface area contributed by atoms with E-state index in [4.69, 9.17) is 14.2 Å². The lowest BCUT2D eigenvalue weighted by atomic mass is 10.2. The summed E-state index contributed by atoms with van der Waals surface area (Å²) in [4.78, 5) is 0. The monoisotopic (exact) mass is 267 g/mol. The minimum Gasteiger partial charge on any atom is -0.493 e. The SMILES string of the molecule is CCCNC(COC)COc1ccc(C)cc1OC. The van der Waals surface area contributed by atoms with E-state index < -0.39 is 0 Å². The number of nitrogens with one attached hydrogen (secondary N) is 1. The Hall–Kier alpha value is -1.26. The molecule has 0 aliphatic heterocycles. The average Bonchev–Trinajstić information content (AvgIpc) is 2.42. The first kappa shape index (κ1) is 15.8. The molecule has 0 heterocycles. The number of rotatable bonds is 9. The molecule has 19 heavy (non-hydrogen) atoms. The zero-order valence-electron chi connectivity index (χ0n) is 12.4. The Morgan fingerprint density at radius 3 is 2.58 bits per heavy atom. The van der Waals surface area contributed by atoms with Crippen molar-refractivity contribution < 1.29 is 14.2 Å². The maximum absolute atomic E-state index is 5.83. The maximum Gasteiger partial charge on any atom is 0.161 e. The van der Waals surface area contributed by atoms with Gasteiger partial charge < -0.3 is 19.5 Å². The second-order valence-electron chi connectivity index (χ2n) is 4.57. The summed E-state index contributed by atoms with van der Waals surface area (Å²) in [6, 6.07) is 6.12. The molecule has 0 saturated carbocycles. The third-order valence-electron chi connectivity index (χ3n) is 2.81. The topological polar surface area (TPSA) is 39.7 Å². The number of ether oxygens (including phenoxy) is 3. The van der Waals surface area contributed by atoms with Crippen molar-refractivity contribution in [2.75, 3.05) is 34.0 Å². The summed E-state index contributed by atoms with van der Waals surface area (Å²) < 4.78 is 16.3. The Kier molecular flexibility index (Phi) is 7.30. The van der Waals surface area contributed by atoms with Crippen LogP contribution in [-0.4, -0.2) is 40.0 Å². The Labute approximate surface area is 116 Å². The molecule has 0 aliphatic carbocycles. The first-order valence-electron chi connectivity index (χ1n) is 6.71. The maximum atomic E-state index is 5.83. The lowest BCUT2D eigenvalue weighted by molar-refractivity contribution is 0.135. The van der Waals surface area contributed by atoms with Crippen molar-refractivity contribution in [2.24, 2.45) is 0 Å². The van der Waals surface area contributed by atoms with Gasteiger partial charge in [0, 0.05) is 7.11 Å². The first-order valence-corrected chi connectivity index (χ1v) is 6.71. The molecule has 4 nitrogen and oxygen atoms in total. The van der Waals surface area contributed by atoms with Crippen LogP contribution in [-0.2, 0) is 4.74 Å². The van der Waals surface area contributed by atoms with Crippen molar-refractivity contribution in [3.8, 4) is 11.5 Å². The van der Waals surface area contributed by atoms with E-state index in [9.17, 15) is 0 Å². The molecule has 0 bridgehead atoms. The highest BCUT2D eigenvalue weighted by molar-refractivity contribution is 5.42. The van der Waals surface area contributed by atoms with E-state index in [0.717, 1.165) is 30.0 Å². The molecule has 1 rings (SSSR count). The van der Waals surface area contributed by atoms with Crippen LogP contribution in [0.3, 0.4) is 0 Å². The van der Waals surface area contributed by atoms with Crippen LogP contribution in [0, 0.1) is 6.92 Å². The van der Waals surface area contributed by atoms with E-state index in [2.05, 4.69) is 12.2 Å². The molecule has 1 aromatic rings. The molecule has 0 amide bonds. The van der Waals surface area contributed by atoms with Gasteiger partial charge in [-0.2, -0.15) is 0 Å². The first-order chi connectivity index (χ1) is 9.21. The van der Waals surface area contributed by atoms with E-state index in [-0.39, 0.29) is 6.04 Å². The van der Waals surface area contributed by atoms with Gasteiger partial charge in [0.05, 0.1) is 19.8 Å². The van der Waals surface area contributed by atoms with E-state index in [1.54, 1.807) is 14.2 Å². The number of hydrogen-bond acceptors (Lipinski definition) is 4. The lowest BCUT2D eigenvalue weighted by Gasteiger charge is -2.19. The molecule has 1 atom stereocenters. The highest BCUT2D eigenvalue weighted by Gasteiger charge is 2.10. The molecule has 0 saturated heterocycles. The summed E-state index contributed by atoms with van der Waals surface area (Å²) in [7, 11) is 3.36. The Morgan fingerprint density at radius 2 is 1.95 bits per heavy atom. The van der Waals surface area contributed by atoms with Crippen LogP contribution < -0.4 is 14.8 Å². The molecule has 0 aromatic heterocycles. The number of methoxy groups -OCH3 is 2. The molecule has 0 spiro atoms. The summed E-state index contributed by atoms with van der Waals surface area (Å²) in [6.45, 7) is 6.33. The van der Waals surface area contributed by atoms with E-state index in [0.29, 0.717) is 13.2 Å². The fraction of sp³-hybridized carbons (Fsp3) is 0.600. The summed E-state index contributed by atoms with van der Waals surface area (Å²) in [5.41, 5.74) is 1.15. The van der Waals surface area contributed by atoms with Crippen molar-refractivity contribution in [1.82, 2.24) is 5.32 Å². The molecular weight excluding hydrogens is 242 g/mol. The highest BCUT2D eigenvalue weighted by Crippen LogP contribution is 2.27. The summed E-state index contributed by atoms with van der Waals surface area (Å²) in [5.74, 6) is 1.54. The molecule has 4 heteroatoms. The Balaban J connectivity index is 2.57. The second kappa shape index (κ2) is 8.77. The van der Waals surface area contributed by atoms with Gasteiger partial charge in [-0.1, -0.05) is 13.0 Å².